The molecule has 1 atom stereocenters. The molecule has 0 bridgehead atoms. The molecule has 0 saturated heterocycles. The van der Waals surface area contributed by atoms with Gasteiger partial charge in [-0.3, -0.25) is 24.1 Å². The lowest BCUT2D eigenvalue weighted by atomic mass is 10.1. The molecular formula is C23H25N3O5. The maximum atomic E-state index is 12.5. The molecule has 2 aromatic rings. The summed E-state index contributed by atoms with van der Waals surface area (Å²) in [6, 6.07) is 12.8. The SMILES string of the molecule is CCOc1ccc(CC(=O)NCCNC(=O)C(C)N2C(=O)c3ccccc3C2=O)cc1. The van der Waals surface area contributed by atoms with Gasteiger partial charge in [-0.2, -0.15) is 0 Å². The number of rotatable bonds is 9. The standard InChI is InChI=1S/C23H25N3O5/c1-3-31-17-10-8-16(9-11-17)14-20(27)24-12-13-25-21(28)15(2)26-22(29)18-6-4-5-7-19(18)23(26)30/h4-11,15H,3,12-14H2,1-2H3,(H,24,27)(H,25,28). The highest BCUT2D eigenvalue weighted by molar-refractivity contribution is 6.22. The number of carbonyl (C=O) groups is 4. The minimum Gasteiger partial charge on any atom is -0.494 e. The van der Waals surface area contributed by atoms with Crippen molar-refractivity contribution >= 4 is 23.6 Å². The lowest BCUT2D eigenvalue weighted by Crippen LogP contribution is -2.49. The van der Waals surface area contributed by atoms with E-state index in [0.717, 1.165) is 16.2 Å². The third-order valence-electron chi connectivity index (χ3n) is 4.94. The highest BCUT2D eigenvalue weighted by atomic mass is 16.5. The first kappa shape index (κ1) is 22.0. The average Bonchev–Trinajstić information content (AvgIpc) is 3.02. The fourth-order valence-electron chi connectivity index (χ4n) is 3.33. The average molecular weight is 423 g/mol. The molecule has 8 heteroatoms. The van der Waals surface area contributed by atoms with E-state index in [-0.39, 0.29) is 25.4 Å². The molecule has 0 saturated carbocycles. The molecule has 4 amide bonds. The predicted molar refractivity (Wildman–Crippen MR) is 114 cm³/mol. The van der Waals surface area contributed by atoms with Crippen LogP contribution >= 0.6 is 0 Å². The second kappa shape index (κ2) is 9.88. The molecule has 1 aliphatic rings. The molecule has 1 heterocycles. The zero-order valence-corrected chi connectivity index (χ0v) is 17.5. The van der Waals surface area contributed by atoms with E-state index in [0.29, 0.717) is 17.7 Å². The Kier molecular flexibility index (Phi) is 7.02. The summed E-state index contributed by atoms with van der Waals surface area (Å²) >= 11 is 0. The zero-order chi connectivity index (χ0) is 22.4. The van der Waals surface area contributed by atoms with Crippen LogP contribution in [0.15, 0.2) is 48.5 Å². The molecule has 0 radical (unpaired) electrons. The van der Waals surface area contributed by atoms with Crippen LogP contribution in [0.2, 0.25) is 0 Å². The number of carbonyl (C=O) groups excluding carboxylic acids is 4. The van der Waals surface area contributed by atoms with E-state index in [2.05, 4.69) is 10.6 Å². The van der Waals surface area contributed by atoms with Gasteiger partial charge in [-0.05, 0) is 43.7 Å². The Morgan fingerprint density at radius 3 is 2.10 bits per heavy atom. The summed E-state index contributed by atoms with van der Waals surface area (Å²) in [4.78, 5) is 50.4. The number of nitrogens with zero attached hydrogens (tertiary/aromatic N) is 1. The van der Waals surface area contributed by atoms with Crippen molar-refractivity contribution in [3.05, 3.63) is 65.2 Å². The molecule has 8 nitrogen and oxygen atoms in total. The Hall–Kier alpha value is -3.68. The van der Waals surface area contributed by atoms with Crippen molar-refractivity contribution in [3.8, 4) is 5.75 Å². The molecule has 2 N–H and O–H groups in total. The summed E-state index contributed by atoms with van der Waals surface area (Å²) < 4.78 is 5.37. The molecule has 3 rings (SSSR count). The van der Waals surface area contributed by atoms with Gasteiger partial charge >= 0.3 is 0 Å². The summed E-state index contributed by atoms with van der Waals surface area (Å²) in [6.07, 6.45) is 0.214. The van der Waals surface area contributed by atoms with E-state index in [9.17, 15) is 19.2 Å². The van der Waals surface area contributed by atoms with E-state index >= 15 is 0 Å². The lowest BCUT2D eigenvalue weighted by Gasteiger charge is -2.21. The van der Waals surface area contributed by atoms with Crippen molar-refractivity contribution in [2.75, 3.05) is 19.7 Å². The number of amides is 4. The number of benzene rings is 2. The van der Waals surface area contributed by atoms with Gasteiger partial charge in [0.2, 0.25) is 11.8 Å². The molecule has 2 aromatic carbocycles. The quantitative estimate of drug-likeness (QED) is 0.470. The number of hydrogen-bond acceptors (Lipinski definition) is 5. The van der Waals surface area contributed by atoms with Crippen LogP contribution < -0.4 is 15.4 Å². The molecule has 0 spiro atoms. The first-order valence-corrected chi connectivity index (χ1v) is 10.2. The molecule has 1 aliphatic heterocycles. The Morgan fingerprint density at radius 2 is 1.52 bits per heavy atom. The van der Waals surface area contributed by atoms with Crippen LogP contribution in [0.25, 0.3) is 0 Å². The minimum absolute atomic E-state index is 0.174. The van der Waals surface area contributed by atoms with Gasteiger partial charge in [0.25, 0.3) is 11.8 Å². The minimum atomic E-state index is -0.952. The fourth-order valence-corrected chi connectivity index (χ4v) is 3.33. The summed E-state index contributed by atoms with van der Waals surface area (Å²) in [7, 11) is 0. The third kappa shape index (κ3) is 5.09. The lowest BCUT2D eigenvalue weighted by molar-refractivity contribution is -0.125. The number of fused-ring (bicyclic) bond motifs is 1. The molecule has 0 fully saturated rings. The van der Waals surface area contributed by atoms with Crippen LogP contribution in [-0.2, 0) is 16.0 Å². The molecule has 1 unspecified atom stereocenters. The van der Waals surface area contributed by atoms with E-state index in [1.807, 2.05) is 31.2 Å². The van der Waals surface area contributed by atoms with Gasteiger partial charge in [-0.25, -0.2) is 0 Å². The Balaban J connectivity index is 1.42. The molecule has 0 aromatic heterocycles. The summed E-state index contributed by atoms with van der Waals surface area (Å²) in [5.41, 5.74) is 1.45. The third-order valence-corrected chi connectivity index (χ3v) is 4.94. The van der Waals surface area contributed by atoms with Crippen LogP contribution in [-0.4, -0.2) is 54.3 Å². The van der Waals surface area contributed by atoms with E-state index in [1.165, 1.54) is 6.92 Å². The predicted octanol–water partition coefficient (Wildman–Crippen LogP) is 1.54. The van der Waals surface area contributed by atoms with Crippen molar-refractivity contribution in [2.24, 2.45) is 0 Å². The Bertz CT molecular complexity index is 952. The number of imide groups is 1. The van der Waals surface area contributed by atoms with Crippen molar-refractivity contribution in [3.63, 3.8) is 0 Å². The monoisotopic (exact) mass is 423 g/mol. The van der Waals surface area contributed by atoms with Gasteiger partial charge < -0.3 is 15.4 Å². The summed E-state index contributed by atoms with van der Waals surface area (Å²) in [5, 5.41) is 5.39. The van der Waals surface area contributed by atoms with Crippen molar-refractivity contribution in [2.45, 2.75) is 26.3 Å². The summed E-state index contributed by atoms with van der Waals surface area (Å²) in [5.74, 6) is -0.845. The number of nitrogens with one attached hydrogen (secondary N) is 2. The van der Waals surface area contributed by atoms with Gasteiger partial charge in [0, 0.05) is 13.1 Å². The van der Waals surface area contributed by atoms with Gasteiger partial charge in [-0.15, -0.1) is 0 Å². The van der Waals surface area contributed by atoms with Crippen LogP contribution in [0.3, 0.4) is 0 Å². The largest absolute Gasteiger partial charge is 0.494 e. The normalized spacial score (nSPS) is 13.5. The highest BCUT2D eigenvalue weighted by Crippen LogP contribution is 2.24. The van der Waals surface area contributed by atoms with Crippen LogP contribution in [0.4, 0.5) is 0 Å². The molecule has 0 aliphatic carbocycles. The number of hydrogen-bond donors (Lipinski definition) is 2. The van der Waals surface area contributed by atoms with Crippen molar-refractivity contribution in [1.29, 1.82) is 0 Å². The van der Waals surface area contributed by atoms with Crippen molar-refractivity contribution in [1.82, 2.24) is 15.5 Å². The van der Waals surface area contributed by atoms with E-state index in [4.69, 9.17) is 4.74 Å². The highest BCUT2D eigenvalue weighted by Gasteiger charge is 2.40. The van der Waals surface area contributed by atoms with Crippen LogP contribution in [0, 0.1) is 0 Å². The maximum absolute atomic E-state index is 12.5. The van der Waals surface area contributed by atoms with Crippen LogP contribution in [0.1, 0.15) is 40.1 Å². The second-order valence-electron chi connectivity index (χ2n) is 7.10. The van der Waals surface area contributed by atoms with Gasteiger partial charge in [0.05, 0.1) is 24.2 Å². The Morgan fingerprint density at radius 1 is 0.935 bits per heavy atom. The zero-order valence-electron chi connectivity index (χ0n) is 17.5. The van der Waals surface area contributed by atoms with Gasteiger partial charge in [0.15, 0.2) is 0 Å². The molecular weight excluding hydrogens is 398 g/mol. The van der Waals surface area contributed by atoms with Crippen molar-refractivity contribution < 1.29 is 23.9 Å². The fraction of sp³-hybridized carbons (Fsp3) is 0.304. The second-order valence-corrected chi connectivity index (χ2v) is 7.10. The number of ether oxygens (including phenoxy) is 1. The smallest absolute Gasteiger partial charge is 0.262 e. The first-order valence-electron chi connectivity index (χ1n) is 10.2. The molecule has 162 valence electrons. The Labute approximate surface area is 180 Å². The molecule has 31 heavy (non-hydrogen) atoms. The van der Waals surface area contributed by atoms with Gasteiger partial charge in [-0.1, -0.05) is 24.3 Å². The first-order chi connectivity index (χ1) is 14.9. The maximum Gasteiger partial charge on any atom is 0.262 e. The van der Waals surface area contributed by atoms with Gasteiger partial charge in [0.1, 0.15) is 11.8 Å². The van der Waals surface area contributed by atoms with Crippen LogP contribution in [0.5, 0.6) is 5.75 Å². The van der Waals surface area contributed by atoms with E-state index < -0.39 is 23.8 Å². The topological polar surface area (TPSA) is 105 Å². The van der Waals surface area contributed by atoms with E-state index in [1.54, 1.807) is 24.3 Å². The summed E-state index contributed by atoms with van der Waals surface area (Å²) in [6.45, 7) is 4.40.